The molecule has 1 heterocycles. The minimum absolute atomic E-state index is 0.260. The van der Waals surface area contributed by atoms with Crippen molar-refractivity contribution in [3.63, 3.8) is 0 Å². The van der Waals surface area contributed by atoms with Gasteiger partial charge >= 0.3 is 0 Å². The Morgan fingerprint density at radius 2 is 1.73 bits per heavy atom. The average molecular weight is 350 g/mol. The van der Waals surface area contributed by atoms with Crippen LogP contribution in [0.25, 0.3) is 0 Å². The van der Waals surface area contributed by atoms with Crippen molar-refractivity contribution in [3.05, 3.63) is 83.1 Å². The molecule has 0 aliphatic heterocycles. The first-order valence-corrected chi connectivity index (χ1v) is 8.21. The maximum atomic E-state index is 12.9. The van der Waals surface area contributed by atoms with Crippen molar-refractivity contribution >= 4 is 17.4 Å². The fourth-order valence-electron chi connectivity index (χ4n) is 2.56. The van der Waals surface area contributed by atoms with Crippen molar-refractivity contribution in [1.82, 2.24) is 15.3 Å². The molecular formula is C20H19FN4O. The number of anilines is 2. The quantitative estimate of drug-likeness (QED) is 0.732. The van der Waals surface area contributed by atoms with Crippen molar-refractivity contribution in [2.24, 2.45) is 0 Å². The normalized spacial score (nSPS) is 10.4. The van der Waals surface area contributed by atoms with Crippen molar-refractivity contribution in [2.75, 3.05) is 5.32 Å². The van der Waals surface area contributed by atoms with Crippen LogP contribution in [0.4, 0.5) is 15.9 Å². The second-order valence-electron chi connectivity index (χ2n) is 5.99. The molecule has 1 amide bonds. The first-order valence-electron chi connectivity index (χ1n) is 8.21. The van der Waals surface area contributed by atoms with Crippen molar-refractivity contribution in [3.8, 4) is 0 Å². The molecule has 0 spiro atoms. The Kier molecular flexibility index (Phi) is 5.22. The van der Waals surface area contributed by atoms with Crippen molar-refractivity contribution < 1.29 is 9.18 Å². The first kappa shape index (κ1) is 17.5. The van der Waals surface area contributed by atoms with E-state index in [0.29, 0.717) is 12.4 Å². The number of rotatable bonds is 5. The fraction of sp³-hybridized carbons (Fsp3) is 0.150. The number of aromatic nitrogens is 2. The van der Waals surface area contributed by atoms with E-state index in [4.69, 9.17) is 0 Å². The van der Waals surface area contributed by atoms with Gasteiger partial charge in [-0.25, -0.2) is 14.4 Å². The number of aryl methyl sites for hydroxylation is 2. The zero-order chi connectivity index (χ0) is 18.5. The van der Waals surface area contributed by atoms with Gasteiger partial charge in [-0.1, -0.05) is 30.3 Å². The number of carbonyl (C=O) groups is 1. The molecule has 132 valence electrons. The largest absolute Gasteiger partial charge is 0.347 e. The van der Waals surface area contributed by atoms with Crippen LogP contribution in [-0.4, -0.2) is 15.9 Å². The number of hydrogen-bond donors (Lipinski definition) is 2. The van der Waals surface area contributed by atoms with E-state index in [-0.39, 0.29) is 17.4 Å². The Balaban J connectivity index is 1.70. The number of nitrogens with one attached hydrogen (secondary N) is 2. The van der Waals surface area contributed by atoms with Crippen molar-refractivity contribution in [1.29, 1.82) is 0 Å². The molecule has 3 rings (SSSR count). The summed E-state index contributed by atoms with van der Waals surface area (Å²) in [4.78, 5) is 20.5. The van der Waals surface area contributed by atoms with Gasteiger partial charge in [-0.2, -0.15) is 0 Å². The Hall–Kier alpha value is -3.28. The summed E-state index contributed by atoms with van der Waals surface area (Å²) >= 11 is 0. The first-order chi connectivity index (χ1) is 12.5. The van der Waals surface area contributed by atoms with Crippen LogP contribution in [-0.2, 0) is 6.54 Å². The highest BCUT2D eigenvalue weighted by Crippen LogP contribution is 2.23. The molecule has 0 saturated heterocycles. The average Bonchev–Trinajstić information content (AvgIpc) is 2.64. The lowest BCUT2D eigenvalue weighted by molar-refractivity contribution is 0.0946. The van der Waals surface area contributed by atoms with Crippen LogP contribution in [0, 0.1) is 19.7 Å². The molecule has 0 aliphatic rings. The molecule has 5 nitrogen and oxygen atoms in total. The fourth-order valence-corrected chi connectivity index (χ4v) is 2.56. The summed E-state index contributed by atoms with van der Waals surface area (Å²) in [5.74, 6) is -0.0799. The number of hydrogen-bond acceptors (Lipinski definition) is 4. The standard InChI is InChI=1S/C20H19FN4O/c1-13-4-3-5-14(2)19(13)25-18-10-17(23-12-24-18)20(26)22-11-15-6-8-16(21)9-7-15/h3-10,12H,11H2,1-2H3,(H,22,26)(H,23,24,25). The third kappa shape index (κ3) is 4.22. The number of carbonyl (C=O) groups excluding carboxylic acids is 1. The zero-order valence-corrected chi connectivity index (χ0v) is 14.6. The lowest BCUT2D eigenvalue weighted by Gasteiger charge is -2.12. The summed E-state index contributed by atoms with van der Waals surface area (Å²) in [5.41, 5.74) is 4.21. The lowest BCUT2D eigenvalue weighted by Crippen LogP contribution is -2.24. The Bertz CT molecular complexity index is 905. The maximum absolute atomic E-state index is 12.9. The van der Waals surface area contributed by atoms with E-state index in [2.05, 4.69) is 20.6 Å². The molecule has 0 aliphatic carbocycles. The maximum Gasteiger partial charge on any atom is 0.270 e. The zero-order valence-electron chi connectivity index (χ0n) is 14.6. The van der Waals surface area contributed by atoms with E-state index < -0.39 is 0 Å². The predicted octanol–water partition coefficient (Wildman–Crippen LogP) is 3.91. The summed E-state index contributed by atoms with van der Waals surface area (Å²) in [7, 11) is 0. The molecule has 6 heteroatoms. The molecule has 26 heavy (non-hydrogen) atoms. The molecule has 1 aromatic heterocycles. The highest BCUT2D eigenvalue weighted by Gasteiger charge is 2.10. The number of nitrogens with zero attached hydrogens (tertiary/aromatic N) is 2. The molecular weight excluding hydrogens is 331 g/mol. The van der Waals surface area contributed by atoms with Gasteiger partial charge in [-0.3, -0.25) is 4.79 Å². The van der Waals surface area contributed by atoms with Gasteiger partial charge in [0.05, 0.1) is 0 Å². The minimum Gasteiger partial charge on any atom is -0.347 e. The smallest absolute Gasteiger partial charge is 0.270 e. The Labute approximate surface area is 151 Å². The van der Waals surface area contributed by atoms with Gasteiger partial charge in [-0.05, 0) is 42.7 Å². The summed E-state index contributed by atoms with van der Waals surface area (Å²) in [6.45, 7) is 4.31. The topological polar surface area (TPSA) is 66.9 Å². The molecule has 0 unspecified atom stereocenters. The number of benzene rings is 2. The van der Waals surface area contributed by atoms with Crippen LogP contribution in [0.3, 0.4) is 0 Å². The SMILES string of the molecule is Cc1cccc(C)c1Nc1cc(C(=O)NCc2ccc(F)cc2)ncn1. The number of para-hydroxylation sites is 1. The van der Waals surface area contributed by atoms with Gasteiger partial charge in [0.1, 0.15) is 23.7 Å². The van der Waals surface area contributed by atoms with Crippen LogP contribution in [0.2, 0.25) is 0 Å². The second-order valence-corrected chi connectivity index (χ2v) is 5.99. The summed E-state index contributed by atoms with van der Waals surface area (Å²) in [6, 6.07) is 13.6. The highest BCUT2D eigenvalue weighted by molar-refractivity contribution is 5.93. The molecule has 2 aromatic carbocycles. The lowest BCUT2D eigenvalue weighted by atomic mass is 10.1. The van der Waals surface area contributed by atoms with Crippen LogP contribution in [0.5, 0.6) is 0 Å². The third-order valence-electron chi connectivity index (χ3n) is 4.00. The van der Waals surface area contributed by atoms with E-state index in [9.17, 15) is 9.18 Å². The Morgan fingerprint density at radius 3 is 2.42 bits per heavy atom. The second kappa shape index (κ2) is 7.74. The van der Waals surface area contributed by atoms with Crippen LogP contribution in [0.15, 0.2) is 54.9 Å². The molecule has 0 bridgehead atoms. The van der Waals surface area contributed by atoms with Gasteiger partial charge in [0, 0.05) is 18.3 Å². The van der Waals surface area contributed by atoms with Crippen LogP contribution < -0.4 is 10.6 Å². The van der Waals surface area contributed by atoms with E-state index >= 15 is 0 Å². The van der Waals surface area contributed by atoms with Gasteiger partial charge in [0.2, 0.25) is 0 Å². The highest BCUT2D eigenvalue weighted by atomic mass is 19.1. The van der Waals surface area contributed by atoms with E-state index in [1.807, 2.05) is 32.0 Å². The summed E-state index contributed by atoms with van der Waals surface area (Å²) in [5, 5.41) is 6.01. The molecule has 3 aromatic rings. The van der Waals surface area contributed by atoms with Crippen molar-refractivity contribution in [2.45, 2.75) is 20.4 Å². The predicted molar refractivity (Wildman–Crippen MR) is 98.8 cm³/mol. The van der Waals surface area contributed by atoms with E-state index in [1.165, 1.54) is 18.5 Å². The van der Waals surface area contributed by atoms with Gasteiger partial charge < -0.3 is 10.6 Å². The number of halogens is 1. The summed E-state index contributed by atoms with van der Waals surface area (Å²) < 4.78 is 12.9. The minimum atomic E-state index is -0.318. The van der Waals surface area contributed by atoms with Gasteiger partial charge in [-0.15, -0.1) is 0 Å². The van der Waals surface area contributed by atoms with Gasteiger partial charge in [0.15, 0.2) is 0 Å². The number of amides is 1. The van der Waals surface area contributed by atoms with Crippen LogP contribution in [0.1, 0.15) is 27.2 Å². The van der Waals surface area contributed by atoms with E-state index in [1.54, 1.807) is 18.2 Å². The van der Waals surface area contributed by atoms with Gasteiger partial charge in [0.25, 0.3) is 5.91 Å². The molecule has 0 fully saturated rings. The van der Waals surface area contributed by atoms with E-state index in [0.717, 1.165) is 22.4 Å². The molecule has 0 radical (unpaired) electrons. The molecule has 0 atom stereocenters. The monoisotopic (exact) mass is 350 g/mol. The molecule has 2 N–H and O–H groups in total. The third-order valence-corrected chi connectivity index (χ3v) is 4.00. The molecule has 0 saturated carbocycles. The summed E-state index contributed by atoms with van der Waals surface area (Å²) in [6.07, 6.45) is 1.35. The Morgan fingerprint density at radius 1 is 1.04 bits per heavy atom. The van der Waals surface area contributed by atoms with Crippen LogP contribution >= 0.6 is 0 Å².